The minimum Gasteiger partial charge on any atom is -0.497 e. The Morgan fingerprint density at radius 1 is 0.971 bits per heavy atom. The molecule has 0 saturated heterocycles. The van der Waals surface area contributed by atoms with Gasteiger partial charge in [-0.3, -0.25) is 9.10 Å². The molecule has 0 saturated carbocycles. The molecule has 8 heteroatoms. The Morgan fingerprint density at radius 3 is 2.15 bits per heavy atom. The van der Waals surface area contributed by atoms with Gasteiger partial charge in [-0.15, -0.1) is 0 Å². The SMILES string of the molecule is COc1ccc(S(=O)(=O)N(CC(=O)N[C@H](C)c2cc(C)c(C)cc2C)c2ccc(Cl)cc2)cc1. The Hall–Kier alpha value is -3.03. The van der Waals surface area contributed by atoms with Crippen molar-refractivity contribution in [3.8, 4) is 5.75 Å². The molecule has 34 heavy (non-hydrogen) atoms. The Bertz CT molecular complexity index is 1270. The number of benzene rings is 3. The Balaban J connectivity index is 1.90. The van der Waals surface area contributed by atoms with Gasteiger partial charge in [-0.1, -0.05) is 23.7 Å². The molecule has 1 amide bonds. The number of carbonyl (C=O) groups excluding carboxylic acids is 1. The second-order valence-corrected chi connectivity index (χ2v) is 10.5. The van der Waals surface area contributed by atoms with Crippen molar-refractivity contribution in [1.29, 1.82) is 0 Å². The summed E-state index contributed by atoms with van der Waals surface area (Å²) in [6, 6.07) is 16.2. The number of rotatable bonds is 8. The van der Waals surface area contributed by atoms with E-state index in [0.29, 0.717) is 16.5 Å². The molecule has 3 aromatic rings. The summed E-state index contributed by atoms with van der Waals surface area (Å²) in [7, 11) is -2.53. The maximum atomic E-state index is 13.5. The van der Waals surface area contributed by atoms with Crippen molar-refractivity contribution in [3.05, 3.63) is 87.9 Å². The molecule has 0 aromatic heterocycles. The molecule has 0 radical (unpaired) electrons. The van der Waals surface area contributed by atoms with E-state index in [4.69, 9.17) is 16.3 Å². The van der Waals surface area contributed by atoms with Gasteiger partial charge in [-0.25, -0.2) is 8.42 Å². The highest BCUT2D eigenvalue weighted by Crippen LogP contribution is 2.27. The van der Waals surface area contributed by atoms with Crippen LogP contribution >= 0.6 is 11.6 Å². The van der Waals surface area contributed by atoms with Gasteiger partial charge in [-0.05, 0) is 98.5 Å². The van der Waals surface area contributed by atoms with Crippen LogP contribution in [0.25, 0.3) is 0 Å². The normalized spacial score (nSPS) is 12.2. The fraction of sp³-hybridized carbons (Fsp3) is 0.269. The van der Waals surface area contributed by atoms with Gasteiger partial charge in [0.05, 0.1) is 23.7 Å². The summed E-state index contributed by atoms with van der Waals surface area (Å²) in [5.74, 6) is 0.115. The Labute approximate surface area is 206 Å². The smallest absolute Gasteiger partial charge is 0.264 e. The Morgan fingerprint density at radius 2 is 1.56 bits per heavy atom. The van der Waals surface area contributed by atoms with Gasteiger partial charge in [0.15, 0.2) is 0 Å². The molecule has 1 atom stereocenters. The third-order valence-corrected chi connectivity index (χ3v) is 7.82. The van der Waals surface area contributed by atoms with Crippen LogP contribution < -0.4 is 14.4 Å². The summed E-state index contributed by atoms with van der Waals surface area (Å²) in [6.45, 7) is 7.57. The number of hydrogen-bond acceptors (Lipinski definition) is 4. The van der Waals surface area contributed by atoms with Gasteiger partial charge >= 0.3 is 0 Å². The summed E-state index contributed by atoms with van der Waals surface area (Å²) in [4.78, 5) is 13.1. The molecule has 0 aliphatic rings. The van der Waals surface area contributed by atoms with E-state index >= 15 is 0 Å². The average Bonchev–Trinajstić information content (AvgIpc) is 2.80. The fourth-order valence-corrected chi connectivity index (χ4v) is 5.29. The number of anilines is 1. The number of hydrogen-bond donors (Lipinski definition) is 1. The molecule has 3 aromatic carbocycles. The van der Waals surface area contributed by atoms with E-state index in [1.54, 1.807) is 36.4 Å². The van der Waals surface area contributed by atoms with Crippen LogP contribution in [0.15, 0.2) is 65.6 Å². The maximum Gasteiger partial charge on any atom is 0.264 e. The highest BCUT2D eigenvalue weighted by molar-refractivity contribution is 7.92. The number of ether oxygens (including phenoxy) is 1. The van der Waals surface area contributed by atoms with Crippen LogP contribution in [0, 0.1) is 20.8 Å². The zero-order valence-electron chi connectivity index (χ0n) is 19.9. The van der Waals surface area contributed by atoms with E-state index < -0.39 is 15.9 Å². The molecule has 0 fully saturated rings. The number of sulfonamides is 1. The molecule has 1 N–H and O–H groups in total. The average molecular weight is 501 g/mol. The minimum absolute atomic E-state index is 0.0501. The first-order valence-electron chi connectivity index (χ1n) is 10.8. The molecule has 0 aliphatic heterocycles. The van der Waals surface area contributed by atoms with Crippen LogP contribution in [-0.4, -0.2) is 28.0 Å². The van der Waals surface area contributed by atoms with E-state index in [-0.39, 0.29) is 17.5 Å². The van der Waals surface area contributed by atoms with Crippen molar-refractivity contribution in [2.75, 3.05) is 18.0 Å². The molecule has 180 valence electrons. The summed E-state index contributed by atoms with van der Waals surface area (Å²) in [5.41, 5.74) is 4.71. The first-order chi connectivity index (χ1) is 16.0. The van der Waals surface area contributed by atoms with Gasteiger partial charge in [-0.2, -0.15) is 0 Å². The monoisotopic (exact) mass is 500 g/mol. The number of amides is 1. The van der Waals surface area contributed by atoms with Gasteiger partial charge in [0.1, 0.15) is 12.3 Å². The number of aryl methyl sites for hydroxylation is 3. The summed E-state index contributed by atoms with van der Waals surface area (Å²) < 4.78 is 33.2. The zero-order valence-corrected chi connectivity index (χ0v) is 21.5. The van der Waals surface area contributed by atoms with Crippen molar-refractivity contribution in [3.63, 3.8) is 0 Å². The summed E-state index contributed by atoms with van der Waals surface area (Å²) in [6.07, 6.45) is 0. The molecule has 0 unspecified atom stereocenters. The fourth-order valence-electron chi connectivity index (χ4n) is 3.74. The van der Waals surface area contributed by atoms with Gasteiger partial charge in [0, 0.05) is 5.02 Å². The van der Waals surface area contributed by atoms with Crippen molar-refractivity contribution in [2.45, 2.75) is 38.6 Å². The predicted octanol–water partition coefficient (Wildman–Crippen LogP) is 5.35. The first kappa shape index (κ1) is 25.6. The van der Waals surface area contributed by atoms with Crippen molar-refractivity contribution < 1.29 is 17.9 Å². The van der Waals surface area contributed by atoms with E-state index in [9.17, 15) is 13.2 Å². The molecule has 0 heterocycles. The van der Waals surface area contributed by atoms with Gasteiger partial charge < -0.3 is 10.1 Å². The lowest BCUT2D eigenvalue weighted by atomic mass is 9.96. The lowest BCUT2D eigenvalue weighted by molar-refractivity contribution is -0.120. The lowest BCUT2D eigenvalue weighted by Gasteiger charge is -2.25. The van der Waals surface area contributed by atoms with Crippen molar-refractivity contribution in [2.24, 2.45) is 0 Å². The van der Waals surface area contributed by atoms with Crippen LogP contribution in [0.2, 0.25) is 5.02 Å². The third kappa shape index (κ3) is 5.72. The summed E-state index contributed by atoms with van der Waals surface area (Å²) in [5, 5.41) is 3.41. The number of nitrogens with one attached hydrogen (secondary N) is 1. The molecule has 0 spiro atoms. The second kappa shape index (κ2) is 10.5. The maximum absolute atomic E-state index is 13.5. The topological polar surface area (TPSA) is 75.7 Å². The third-order valence-electron chi connectivity index (χ3n) is 5.78. The van der Waals surface area contributed by atoms with Gasteiger partial charge in [0.2, 0.25) is 5.91 Å². The second-order valence-electron chi connectivity index (χ2n) is 8.25. The summed E-state index contributed by atoms with van der Waals surface area (Å²) >= 11 is 6.00. The van der Waals surface area contributed by atoms with Gasteiger partial charge in [0.25, 0.3) is 10.0 Å². The number of carbonyl (C=O) groups is 1. The molecule has 0 bridgehead atoms. The van der Waals surface area contributed by atoms with E-state index in [0.717, 1.165) is 21.0 Å². The minimum atomic E-state index is -4.03. The number of nitrogens with zero attached hydrogens (tertiary/aromatic N) is 1. The van der Waals surface area contributed by atoms with Crippen LogP contribution in [-0.2, 0) is 14.8 Å². The van der Waals surface area contributed by atoms with Crippen LogP contribution in [0.5, 0.6) is 5.75 Å². The molecule has 0 aliphatic carbocycles. The molecular formula is C26H29ClN2O4S. The standard InChI is InChI=1S/C26H29ClN2O4S/c1-17-14-19(3)25(15-18(17)2)20(4)28-26(30)16-29(22-8-6-21(27)7-9-22)34(31,32)24-12-10-23(33-5)11-13-24/h6-15,20H,16H2,1-5H3,(H,28,30)/t20-/m1/s1. The van der Waals surface area contributed by atoms with Crippen LogP contribution in [0.4, 0.5) is 5.69 Å². The van der Waals surface area contributed by atoms with E-state index in [1.165, 1.54) is 24.8 Å². The van der Waals surface area contributed by atoms with Crippen molar-refractivity contribution in [1.82, 2.24) is 5.32 Å². The zero-order chi connectivity index (χ0) is 25.0. The Kier molecular flexibility index (Phi) is 7.89. The van der Waals surface area contributed by atoms with Crippen LogP contribution in [0.3, 0.4) is 0 Å². The molecule has 3 rings (SSSR count). The van der Waals surface area contributed by atoms with E-state index in [1.807, 2.05) is 27.7 Å². The van der Waals surface area contributed by atoms with Crippen molar-refractivity contribution >= 4 is 33.2 Å². The predicted molar refractivity (Wildman–Crippen MR) is 136 cm³/mol. The highest BCUT2D eigenvalue weighted by Gasteiger charge is 2.28. The quantitative estimate of drug-likeness (QED) is 0.452. The molecule has 6 nitrogen and oxygen atoms in total. The molecular weight excluding hydrogens is 472 g/mol. The van der Waals surface area contributed by atoms with Crippen LogP contribution in [0.1, 0.15) is 35.2 Å². The largest absolute Gasteiger partial charge is 0.497 e. The highest BCUT2D eigenvalue weighted by atomic mass is 35.5. The first-order valence-corrected chi connectivity index (χ1v) is 12.6. The number of halogens is 1. The lowest BCUT2D eigenvalue weighted by Crippen LogP contribution is -2.41. The number of methoxy groups -OCH3 is 1. The van der Waals surface area contributed by atoms with E-state index in [2.05, 4.69) is 17.4 Å².